The van der Waals surface area contributed by atoms with Crippen LogP contribution in [0.15, 0.2) is 11.0 Å². The molecule has 2 N–H and O–H groups in total. The summed E-state index contributed by atoms with van der Waals surface area (Å²) in [6.07, 6.45) is -1.52. The van der Waals surface area contributed by atoms with Crippen LogP contribution in [-0.2, 0) is 6.61 Å². The van der Waals surface area contributed by atoms with E-state index in [1.165, 1.54) is 13.1 Å². The minimum Gasteiger partial charge on any atom is -0.391 e. The van der Waals surface area contributed by atoms with Gasteiger partial charge in [-0.2, -0.15) is 0 Å². The fourth-order valence-electron chi connectivity index (χ4n) is 1.16. The Balaban J connectivity index is 3.44. The van der Waals surface area contributed by atoms with Crippen LogP contribution in [-0.4, -0.2) is 10.1 Å². The lowest BCUT2D eigenvalue weighted by Gasteiger charge is -2.07. The molecule has 0 unspecified atom stereocenters. The molecule has 13 heavy (non-hydrogen) atoms. The molecule has 3 nitrogen and oxygen atoms in total. The molecule has 0 saturated heterocycles. The zero-order valence-corrected chi connectivity index (χ0v) is 6.97. The molecule has 0 aliphatic heterocycles. The molecule has 1 aromatic heterocycles. The van der Waals surface area contributed by atoms with Crippen LogP contribution in [0, 0.1) is 6.92 Å². The second kappa shape index (κ2) is 3.66. The average molecular weight is 189 g/mol. The van der Waals surface area contributed by atoms with Crippen molar-refractivity contribution in [3.8, 4) is 0 Å². The van der Waals surface area contributed by atoms with Gasteiger partial charge in [0.1, 0.15) is 0 Å². The molecular formula is C8H9F2NO2. The second-order valence-electron chi connectivity index (χ2n) is 2.65. The zero-order valence-electron chi connectivity index (χ0n) is 6.97. The van der Waals surface area contributed by atoms with Crippen LogP contribution in [0.5, 0.6) is 0 Å². The average Bonchev–Trinajstić information content (AvgIpc) is 2.07. The first-order chi connectivity index (χ1) is 6.07. The van der Waals surface area contributed by atoms with Crippen LogP contribution < -0.4 is 5.56 Å². The van der Waals surface area contributed by atoms with Gasteiger partial charge in [-0.25, -0.2) is 8.78 Å². The van der Waals surface area contributed by atoms with Crippen molar-refractivity contribution < 1.29 is 13.9 Å². The Morgan fingerprint density at radius 3 is 2.62 bits per heavy atom. The van der Waals surface area contributed by atoms with Gasteiger partial charge in [0.05, 0.1) is 12.2 Å². The normalized spacial score (nSPS) is 10.8. The van der Waals surface area contributed by atoms with Crippen LogP contribution >= 0.6 is 0 Å². The van der Waals surface area contributed by atoms with Gasteiger partial charge in [-0.05, 0) is 12.5 Å². The van der Waals surface area contributed by atoms with Gasteiger partial charge in [0.15, 0.2) is 0 Å². The summed E-state index contributed by atoms with van der Waals surface area (Å²) in [6, 6.07) is 0. The quantitative estimate of drug-likeness (QED) is 0.732. The summed E-state index contributed by atoms with van der Waals surface area (Å²) in [5.41, 5.74) is -1.01. The van der Waals surface area contributed by atoms with E-state index in [2.05, 4.69) is 4.98 Å². The highest BCUT2D eigenvalue weighted by Gasteiger charge is 2.17. The van der Waals surface area contributed by atoms with Gasteiger partial charge in [-0.15, -0.1) is 0 Å². The number of aromatic amines is 1. The molecule has 0 aliphatic rings. The molecule has 1 aromatic rings. The maximum atomic E-state index is 12.4. The number of rotatable bonds is 2. The summed E-state index contributed by atoms with van der Waals surface area (Å²) in [4.78, 5) is 13.2. The highest BCUT2D eigenvalue weighted by Crippen LogP contribution is 2.23. The van der Waals surface area contributed by atoms with Crippen LogP contribution in [0.25, 0.3) is 0 Å². The molecule has 0 spiro atoms. The summed E-state index contributed by atoms with van der Waals surface area (Å²) < 4.78 is 24.8. The molecule has 0 amide bonds. The number of alkyl halides is 2. The Kier molecular flexibility index (Phi) is 2.77. The van der Waals surface area contributed by atoms with E-state index in [9.17, 15) is 13.6 Å². The lowest BCUT2D eigenvalue weighted by Crippen LogP contribution is -2.16. The fourth-order valence-corrected chi connectivity index (χ4v) is 1.16. The number of hydrogen-bond donors (Lipinski definition) is 2. The number of aliphatic hydroxyl groups excluding tert-OH is 1. The molecule has 1 rings (SSSR count). The standard InChI is InChI=1S/C8H9F2NO2/c1-4-2-11-8(13)5(3-12)6(4)7(9)10/h2,7,12H,3H2,1H3,(H,11,13). The van der Waals surface area contributed by atoms with Crippen molar-refractivity contribution in [2.24, 2.45) is 0 Å². The third-order valence-electron chi connectivity index (χ3n) is 1.82. The number of aromatic nitrogens is 1. The van der Waals surface area contributed by atoms with E-state index < -0.39 is 18.6 Å². The van der Waals surface area contributed by atoms with E-state index in [0.29, 0.717) is 0 Å². The maximum Gasteiger partial charge on any atom is 0.264 e. The van der Waals surface area contributed by atoms with Crippen molar-refractivity contribution in [2.75, 3.05) is 0 Å². The van der Waals surface area contributed by atoms with Gasteiger partial charge in [0.25, 0.3) is 12.0 Å². The Morgan fingerprint density at radius 1 is 1.62 bits per heavy atom. The molecule has 0 saturated carbocycles. The van der Waals surface area contributed by atoms with Crippen molar-refractivity contribution >= 4 is 0 Å². The van der Waals surface area contributed by atoms with Gasteiger partial charge in [0, 0.05) is 11.8 Å². The first-order valence-electron chi connectivity index (χ1n) is 3.68. The van der Waals surface area contributed by atoms with Gasteiger partial charge < -0.3 is 10.1 Å². The molecule has 0 radical (unpaired) electrons. The molecule has 0 aromatic carbocycles. The fraction of sp³-hybridized carbons (Fsp3) is 0.375. The Labute approximate surface area is 73.0 Å². The zero-order chi connectivity index (χ0) is 10.0. The summed E-state index contributed by atoms with van der Waals surface area (Å²) in [7, 11) is 0. The van der Waals surface area contributed by atoms with Crippen molar-refractivity contribution in [1.29, 1.82) is 0 Å². The number of nitrogens with one attached hydrogen (secondary N) is 1. The molecule has 5 heteroatoms. The number of aliphatic hydroxyl groups is 1. The predicted molar refractivity (Wildman–Crippen MR) is 42.7 cm³/mol. The van der Waals surface area contributed by atoms with Crippen LogP contribution in [0.3, 0.4) is 0 Å². The van der Waals surface area contributed by atoms with Crippen LogP contribution in [0.4, 0.5) is 8.78 Å². The Bertz CT molecular complexity index is 360. The number of aryl methyl sites for hydroxylation is 1. The highest BCUT2D eigenvalue weighted by molar-refractivity contribution is 5.31. The topological polar surface area (TPSA) is 53.1 Å². The predicted octanol–water partition coefficient (Wildman–Crippen LogP) is 1.11. The number of halogens is 2. The maximum absolute atomic E-state index is 12.4. The Hall–Kier alpha value is -1.23. The van der Waals surface area contributed by atoms with Gasteiger partial charge >= 0.3 is 0 Å². The first-order valence-corrected chi connectivity index (χ1v) is 3.68. The molecule has 0 aliphatic carbocycles. The molecular weight excluding hydrogens is 180 g/mol. The largest absolute Gasteiger partial charge is 0.391 e. The highest BCUT2D eigenvalue weighted by atomic mass is 19.3. The van der Waals surface area contributed by atoms with E-state index >= 15 is 0 Å². The molecule has 0 bridgehead atoms. The summed E-state index contributed by atoms with van der Waals surface area (Å²) in [5.74, 6) is 0. The van der Waals surface area contributed by atoms with E-state index in [1.807, 2.05) is 0 Å². The minimum absolute atomic E-state index is 0.255. The van der Waals surface area contributed by atoms with E-state index in [1.54, 1.807) is 0 Å². The minimum atomic E-state index is -2.73. The van der Waals surface area contributed by atoms with Crippen LogP contribution in [0.1, 0.15) is 23.1 Å². The van der Waals surface area contributed by atoms with Crippen molar-refractivity contribution in [3.05, 3.63) is 33.2 Å². The molecule has 1 heterocycles. The molecule has 0 fully saturated rings. The third kappa shape index (κ3) is 1.75. The van der Waals surface area contributed by atoms with Gasteiger partial charge in [0.2, 0.25) is 0 Å². The number of hydrogen-bond acceptors (Lipinski definition) is 2. The third-order valence-corrected chi connectivity index (χ3v) is 1.82. The number of H-pyrrole nitrogens is 1. The van der Waals surface area contributed by atoms with Crippen molar-refractivity contribution in [1.82, 2.24) is 4.98 Å². The number of pyridine rings is 1. The second-order valence-corrected chi connectivity index (χ2v) is 2.65. The van der Waals surface area contributed by atoms with Crippen molar-refractivity contribution in [2.45, 2.75) is 20.0 Å². The summed E-state index contributed by atoms with van der Waals surface area (Å²) >= 11 is 0. The molecule has 0 atom stereocenters. The van der Waals surface area contributed by atoms with E-state index in [0.717, 1.165) is 0 Å². The summed E-state index contributed by atoms with van der Waals surface area (Å²) in [5, 5.41) is 8.72. The first kappa shape index (κ1) is 9.85. The Morgan fingerprint density at radius 2 is 2.23 bits per heavy atom. The molecule has 72 valence electrons. The summed E-state index contributed by atoms with van der Waals surface area (Å²) in [6.45, 7) is 0.785. The smallest absolute Gasteiger partial charge is 0.264 e. The lowest BCUT2D eigenvalue weighted by atomic mass is 10.1. The van der Waals surface area contributed by atoms with Gasteiger partial charge in [-0.1, -0.05) is 0 Å². The van der Waals surface area contributed by atoms with Crippen LogP contribution in [0.2, 0.25) is 0 Å². The lowest BCUT2D eigenvalue weighted by molar-refractivity contribution is 0.146. The van der Waals surface area contributed by atoms with E-state index in [-0.39, 0.29) is 16.7 Å². The van der Waals surface area contributed by atoms with Crippen molar-refractivity contribution in [3.63, 3.8) is 0 Å². The van der Waals surface area contributed by atoms with E-state index in [4.69, 9.17) is 5.11 Å². The SMILES string of the molecule is Cc1c[nH]c(=O)c(CO)c1C(F)F. The monoisotopic (exact) mass is 189 g/mol. The van der Waals surface area contributed by atoms with Gasteiger partial charge in [-0.3, -0.25) is 4.79 Å².